The highest BCUT2D eigenvalue weighted by Crippen LogP contribution is 2.50. The summed E-state index contributed by atoms with van der Waals surface area (Å²) in [5, 5.41) is 13.4. The molecule has 2 aromatic rings. The van der Waals surface area contributed by atoms with Crippen molar-refractivity contribution < 1.29 is 37.7 Å². The van der Waals surface area contributed by atoms with E-state index in [0.29, 0.717) is 0 Å². The van der Waals surface area contributed by atoms with Gasteiger partial charge in [-0.15, -0.1) is 0 Å². The molecular formula is C22H28N3O10P. The van der Waals surface area contributed by atoms with Gasteiger partial charge in [0.25, 0.3) is 5.56 Å². The summed E-state index contributed by atoms with van der Waals surface area (Å²) in [5.74, 6) is -0.455. The number of esters is 1. The number of ether oxygens (including phenoxy) is 3. The molecule has 14 heteroatoms. The lowest BCUT2D eigenvalue weighted by molar-refractivity contribution is -0.185. The highest BCUT2D eigenvalue weighted by Gasteiger charge is 2.62. The van der Waals surface area contributed by atoms with Gasteiger partial charge < -0.3 is 23.8 Å². The highest BCUT2D eigenvalue weighted by molar-refractivity contribution is 7.52. The fourth-order valence-corrected chi connectivity index (χ4v) is 5.44. The Kier molecular flexibility index (Phi) is 7.51. The molecule has 196 valence electrons. The van der Waals surface area contributed by atoms with Gasteiger partial charge >= 0.3 is 19.4 Å². The molecule has 6 atom stereocenters. The number of carbonyl (C=O) groups excluding carboxylic acids is 1. The maximum atomic E-state index is 13.7. The van der Waals surface area contributed by atoms with Gasteiger partial charge in [0.15, 0.2) is 6.23 Å². The Morgan fingerprint density at radius 1 is 1.28 bits per heavy atom. The van der Waals surface area contributed by atoms with Crippen LogP contribution < -0.4 is 20.9 Å². The average Bonchev–Trinajstić information content (AvgIpc) is 3.27. The van der Waals surface area contributed by atoms with Crippen LogP contribution in [0, 0.1) is 0 Å². The van der Waals surface area contributed by atoms with Crippen LogP contribution in [0.25, 0.3) is 0 Å². The minimum Gasteiger partial charge on any atom is -0.462 e. The number of aromatic amines is 1. The van der Waals surface area contributed by atoms with Gasteiger partial charge in [-0.3, -0.25) is 23.7 Å². The molecule has 2 aliphatic heterocycles. The van der Waals surface area contributed by atoms with Crippen molar-refractivity contribution in [1.82, 2.24) is 14.6 Å². The van der Waals surface area contributed by atoms with Gasteiger partial charge in [-0.1, -0.05) is 18.2 Å². The van der Waals surface area contributed by atoms with Gasteiger partial charge in [0, 0.05) is 12.3 Å². The molecule has 4 rings (SSSR count). The molecule has 13 nitrogen and oxygen atoms in total. The lowest BCUT2D eigenvalue weighted by Crippen LogP contribution is -2.46. The molecule has 1 aromatic carbocycles. The van der Waals surface area contributed by atoms with E-state index >= 15 is 0 Å². The minimum atomic E-state index is -4.23. The second-order valence-corrected chi connectivity index (χ2v) is 10.5. The quantitative estimate of drug-likeness (QED) is 0.295. The van der Waals surface area contributed by atoms with Crippen molar-refractivity contribution in [2.45, 2.75) is 57.0 Å². The molecule has 3 N–H and O–H groups in total. The zero-order valence-electron chi connectivity index (χ0n) is 19.9. The number of nitrogens with one attached hydrogen (secondary N) is 2. The van der Waals surface area contributed by atoms with Gasteiger partial charge in [-0.25, -0.2) is 9.36 Å². The topological polar surface area (TPSA) is 167 Å². The molecule has 0 radical (unpaired) electrons. The maximum absolute atomic E-state index is 13.7. The number of hydrogen-bond donors (Lipinski definition) is 3. The molecule has 3 heterocycles. The van der Waals surface area contributed by atoms with Crippen LogP contribution in [0.5, 0.6) is 5.75 Å². The van der Waals surface area contributed by atoms with Crippen molar-refractivity contribution in [3.63, 3.8) is 0 Å². The van der Waals surface area contributed by atoms with Crippen LogP contribution in [0.3, 0.4) is 0 Å². The van der Waals surface area contributed by atoms with E-state index in [1.807, 2.05) is 0 Å². The first-order valence-corrected chi connectivity index (χ1v) is 12.8. The number of para-hydroxylation sites is 1. The molecule has 2 fully saturated rings. The first kappa shape index (κ1) is 26.3. The monoisotopic (exact) mass is 525 g/mol. The number of aromatic nitrogens is 2. The molecule has 0 spiro atoms. The third-order valence-corrected chi connectivity index (χ3v) is 7.26. The fourth-order valence-electron chi connectivity index (χ4n) is 3.90. The molecule has 2 bridgehead atoms. The summed E-state index contributed by atoms with van der Waals surface area (Å²) < 4.78 is 42.8. The van der Waals surface area contributed by atoms with E-state index in [4.69, 9.17) is 23.3 Å². The summed E-state index contributed by atoms with van der Waals surface area (Å²) in [5.41, 5.74) is -2.83. The SMILES string of the molecule is CC(C)OC(=O)[C@H](C)NP(=O)(OC[C@@]12CO[C@@H]([C@H](n3ccc(=O)[nH]c3=O)O1)[C@@H]2O)Oc1ccccc1. The smallest absolute Gasteiger partial charge is 0.459 e. The molecule has 0 aliphatic carbocycles. The van der Waals surface area contributed by atoms with Crippen molar-refractivity contribution in [3.05, 3.63) is 63.4 Å². The molecule has 0 amide bonds. The highest BCUT2D eigenvalue weighted by atomic mass is 31.2. The van der Waals surface area contributed by atoms with Crippen LogP contribution in [0.1, 0.15) is 27.0 Å². The summed E-state index contributed by atoms with van der Waals surface area (Å²) in [6.07, 6.45) is -2.43. The summed E-state index contributed by atoms with van der Waals surface area (Å²) in [4.78, 5) is 38.1. The number of rotatable bonds is 10. The number of aliphatic hydroxyl groups is 1. The van der Waals surface area contributed by atoms with E-state index in [1.165, 1.54) is 13.1 Å². The zero-order chi connectivity index (χ0) is 26.1. The van der Waals surface area contributed by atoms with Crippen molar-refractivity contribution in [1.29, 1.82) is 0 Å². The van der Waals surface area contributed by atoms with Crippen molar-refractivity contribution in [2.24, 2.45) is 0 Å². The average molecular weight is 525 g/mol. The van der Waals surface area contributed by atoms with Crippen molar-refractivity contribution >= 4 is 13.7 Å². The van der Waals surface area contributed by atoms with Gasteiger partial charge in [-0.2, -0.15) is 5.09 Å². The number of nitrogens with zero attached hydrogens (tertiary/aromatic N) is 1. The predicted octanol–water partition coefficient (Wildman–Crippen LogP) is 0.697. The van der Waals surface area contributed by atoms with Gasteiger partial charge in [0.1, 0.15) is 29.6 Å². The molecule has 0 saturated carbocycles. The Morgan fingerprint density at radius 2 is 2.00 bits per heavy atom. The standard InChI is InChI=1S/C22H28N3O10P/c1-13(2)33-20(28)14(3)24-36(30,35-15-7-5-4-6-8-15)32-12-22-11-31-17(18(22)27)19(34-22)25-10-9-16(26)23-21(25)29/h4-10,13-14,17-19,27H,11-12H2,1-3H3,(H,24,30)(H,23,26,29)/t14-,17+,18-,19+,22+,36?/m0/s1. The van der Waals surface area contributed by atoms with E-state index in [1.54, 1.807) is 44.2 Å². The number of benzene rings is 1. The van der Waals surface area contributed by atoms with Gasteiger partial charge in [0.2, 0.25) is 0 Å². The molecule has 36 heavy (non-hydrogen) atoms. The number of carbonyl (C=O) groups is 1. The summed E-state index contributed by atoms with van der Waals surface area (Å²) in [6.45, 7) is 4.22. The summed E-state index contributed by atoms with van der Waals surface area (Å²) in [6, 6.07) is 8.26. The van der Waals surface area contributed by atoms with Crippen LogP contribution in [-0.2, 0) is 28.1 Å². The van der Waals surface area contributed by atoms with Gasteiger partial charge in [0.05, 0.1) is 19.3 Å². The first-order chi connectivity index (χ1) is 17.0. The Morgan fingerprint density at radius 3 is 2.67 bits per heavy atom. The second kappa shape index (κ2) is 10.3. The molecule has 2 aliphatic rings. The lowest BCUT2D eigenvalue weighted by Gasteiger charge is -2.32. The maximum Gasteiger partial charge on any atom is 0.459 e. The Bertz CT molecular complexity index is 1250. The van der Waals surface area contributed by atoms with Crippen LogP contribution in [0.4, 0.5) is 0 Å². The summed E-state index contributed by atoms with van der Waals surface area (Å²) in [7, 11) is -4.23. The number of aliphatic hydroxyl groups excluding tert-OH is 1. The van der Waals surface area contributed by atoms with Crippen LogP contribution in [0.2, 0.25) is 0 Å². The van der Waals surface area contributed by atoms with Crippen molar-refractivity contribution in [2.75, 3.05) is 13.2 Å². The normalized spacial score (nSPS) is 27.5. The molecule has 2 saturated heterocycles. The number of H-pyrrole nitrogens is 1. The first-order valence-electron chi connectivity index (χ1n) is 11.3. The molecule has 1 unspecified atom stereocenters. The lowest BCUT2D eigenvalue weighted by atomic mass is 10.0. The Labute approximate surface area is 205 Å². The summed E-state index contributed by atoms with van der Waals surface area (Å²) >= 11 is 0. The molecular weight excluding hydrogens is 497 g/mol. The minimum absolute atomic E-state index is 0.121. The zero-order valence-corrected chi connectivity index (χ0v) is 20.8. The van der Waals surface area contributed by atoms with E-state index in [0.717, 1.165) is 10.6 Å². The van der Waals surface area contributed by atoms with Crippen LogP contribution >= 0.6 is 7.75 Å². The van der Waals surface area contributed by atoms with Gasteiger partial charge in [-0.05, 0) is 32.9 Å². The number of fused-ring (bicyclic) bond motifs is 2. The van der Waals surface area contributed by atoms with E-state index in [-0.39, 0.29) is 18.5 Å². The fraction of sp³-hybridized carbons (Fsp3) is 0.500. The predicted molar refractivity (Wildman–Crippen MR) is 124 cm³/mol. The van der Waals surface area contributed by atoms with Crippen molar-refractivity contribution in [3.8, 4) is 5.75 Å². The van der Waals surface area contributed by atoms with Crippen LogP contribution in [0.15, 0.2) is 52.2 Å². The largest absolute Gasteiger partial charge is 0.462 e. The second-order valence-electron chi connectivity index (χ2n) is 8.82. The van der Waals surface area contributed by atoms with E-state index in [9.17, 15) is 24.1 Å². The third-order valence-electron chi connectivity index (χ3n) is 5.64. The van der Waals surface area contributed by atoms with Crippen LogP contribution in [-0.4, -0.2) is 63.8 Å². The third kappa shape index (κ3) is 5.46. The number of hydrogen-bond acceptors (Lipinski definition) is 10. The Hall–Kier alpha value is -2.80. The van der Waals surface area contributed by atoms with E-state index < -0.39 is 61.7 Å². The Balaban J connectivity index is 1.54. The van der Waals surface area contributed by atoms with E-state index in [2.05, 4.69) is 10.1 Å². The molecule has 1 aromatic heterocycles.